The maximum atomic E-state index is 15.5. The second-order valence-electron chi connectivity index (χ2n) is 11.8. The number of aliphatic imine (C=N–C) groups is 1. The summed E-state index contributed by atoms with van der Waals surface area (Å²) in [5.74, 6) is 0.206. The zero-order chi connectivity index (χ0) is 29.4. The average Bonchev–Trinajstić information content (AvgIpc) is 2.93. The highest BCUT2D eigenvalue weighted by molar-refractivity contribution is 8.13. The maximum Gasteiger partial charge on any atom is 0.275 e. The molecular weight excluding hydrogens is 555 g/mol. The van der Waals surface area contributed by atoms with Crippen LogP contribution in [0, 0.1) is 29.5 Å². The van der Waals surface area contributed by atoms with Gasteiger partial charge in [0.25, 0.3) is 5.91 Å². The van der Waals surface area contributed by atoms with Crippen molar-refractivity contribution in [2.24, 2.45) is 34.4 Å². The van der Waals surface area contributed by atoms with Crippen molar-refractivity contribution in [3.05, 3.63) is 47.7 Å². The van der Waals surface area contributed by atoms with Crippen LogP contribution in [-0.4, -0.2) is 52.0 Å². The number of alkyl halides is 2. The number of nitrogens with two attached hydrogens (primary N) is 1. The first-order valence-corrected chi connectivity index (χ1v) is 14.9. The van der Waals surface area contributed by atoms with Crippen LogP contribution in [0.15, 0.2) is 35.6 Å². The number of carbonyl (C=O) groups excluding carboxylic acids is 1. The van der Waals surface area contributed by atoms with Crippen molar-refractivity contribution in [2.45, 2.75) is 63.8 Å². The van der Waals surface area contributed by atoms with E-state index in [1.54, 1.807) is 13.0 Å². The number of fused-ring (bicyclic) bond motifs is 1. The van der Waals surface area contributed by atoms with E-state index < -0.39 is 29.8 Å². The van der Waals surface area contributed by atoms with Crippen LogP contribution in [0.25, 0.3) is 0 Å². The minimum absolute atomic E-state index is 0.0228. The number of benzene rings is 1. The number of nitrogens with one attached hydrogen (secondary N) is 1. The molecule has 0 radical (unpaired) electrons. The van der Waals surface area contributed by atoms with Gasteiger partial charge >= 0.3 is 0 Å². The normalized spacial score (nSPS) is 31.7. The van der Waals surface area contributed by atoms with Crippen LogP contribution in [0.1, 0.15) is 62.5 Å². The smallest absolute Gasteiger partial charge is 0.275 e. The van der Waals surface area contributed by atoms with Crippen LogP contribution in [0.3, 0.4) is 0 Å². The molecule has 222 valence electrons. The Morgan fingerprint density at radius 1 is 1.32 bits per heavy atom. The summed E-state index contributed by atoms with van der Waals surface area (Å²) in [6.45, 7) is 5.08. The fourth-order valence-corrected chi connectivity index (χ4v) is 7.66. The van der Waals surface area contributed by atoms with E-state index >= 15 is 8.78 Å². The van der Waals surface area contributed by atoms with Crippen molar-refractivity contribution in [2.75, 3.05) is 24.5 Å². The number of aromatic nitrogens is 2. The van der Waals surface area contributed by atoms with Crippen molar-refractivity contribution in [3.63, 3.8) is 0 Å². The molecule has 3 unspecified atom stereocenters. The van der Waals surface area contributed by atoms with E-state index in [0.29, 0.717) is 47.7 Å². The Balaban J connectivity index is 1.41. The predicted molar refractivity (Wildman–Crippen MR) is 152 cm³/mol. The number of rotatable bonds is 7. The van der Waals surface area contributed by atoms with Crippen LogP contribution in [0.5, 0.6) is 5.88 Å². The van der Waals surface area contributed by atoms with Crippen LogP contribution in [0.4, 0.5) is 18.9 Å². The Labute approximate surface area is 242 Å². The summed E-state index contributed by atoms with van der Waals surface area (Å²) < 4.78 is 54.2. The van der Waals surface area contributed by atoms with Gasteiger partial charge in [-0.2, -0.15) is 0 Å². The molecule has 8 nitrogen and oxygen atoms in total. The molecule has 2 fully saturated rings. The quantitative estimate of drug-likeness (QED) is 0.429. The molecule has 2 aliphatic heterocycles. The molecule has 0 spiro atoms. The zero-order valence-electron chi connectivity index (χ0n) is 23.4. The number of amides is 1. The predicted octanol–water partition coefficient (Wildman–Crippen LogP) is 5.64. The van der Waals surface area contributed by atoms with E-state index in [2.05, 4.69) is 33.9 Å². The molecule has 3 N–H and O–H groups in total. The second kappa shape index (κ2) is 11.8. The molecule has 6 atom stereocenters. The minimum atomic E-state index is -1.23. The van der Waals surface area contributed by atoms with E-state index in [0.717, 1.165) is 18.8 Å². The number of anilines is 1. The molecule has 0 bridgehead atoms. The van der Waals surface area contributed by atoms with Gasteiger partial charge in [-0.1, -0.05) is 25.6 Å². The lowest BCUT2D eigenvalue weighted by Crippen LogP contribution is -2.54. The fourth-order valence-electron chi connectivity index (χ4n) is 6.65. The highest BCUT2D eigenvalue weighted by Crippen LogP contribution is 2.52. The van der Waals surface area contributed by atoms with Gasteiger partial charge in [0, 0.05) is 22.9 Å². The summed E-state index contributed by atoms with van der Waals surface area (Å²) in [6, 6.07) is 4.29. The molecule has 1 aliphatic carbocycles. The number of thioether (sulfide) groups is 1. The number of amidine groups is 1. The van der Waals surface area contributed by atoms with Gasteiger partial charge in [0.1, 0.15) is 22.7 Å². The number of hydrogen-bond donors (Lipinski definition) is 2. The first-order chi connectivity index (χ1) is 19.5. The third-order valence-electron chi connectivity index (χ3n) is 8.75. The third-order valence-corrected chi connectivity index (χ3v) is 9.71. The summed E-state index contributed by atoms with van der Waals surface area (Å²) in [4.78, 5) is 25.4. The monoisotopic (exact) mass is 591 g/mol. The molecule has 1 aromatic carbocycles. The molecule has 12 heteroatoms. The van der Waals surface area contributed by atoms with Gasteiger partial charge in [0.2, 0.25) is 12.7 Å². The SMILES string of the molecule is CC(C)C1CCC(C)(F)CC1[C@H]1C[C@H]2CSC(N)=N[C@@]2(c2cc(NC(=O)c3cnc(OCF)cn3)ccc2F)CO1. The molecule has 5 rings (SSSR count). The standard InChI is InChI=1S/C29H36F3N5O3S/c1-16(2)19-6-7-28(3,32)10-20(19)24-8-17-13-41-27(33)37-29(17,14-39-24)21-9-18(4-5-22(21)31)36-26(38)23-11-35-25(12-34-23)40-15-30/h4-5,9,11-12,16-17,19-20,24H,6-8,10,13-15H2,1-3H3,(H2,33,37)(H,36,38)/t17-,19?,20?,24+,28?,29-/m0/s1. The Morgan fingerprint density at radius 3 is 2.83 bits per heavy atom. The molecule has 2 aromatic rings. The number of halogens is 3. The highest BCUT2D eigenvalue weighted by Gasteiger charge is 2.53. The van der Waals surface area contributed by atoms with E-state index in [-0.39, 0.29) is 41.7 Å². The summed E-state index contributed by atoms with van der Waals surface area (Å²) in [6.07, 6.45) is 4.55. The molecule has 1 saturated heterocycles. The van der Waals surface area contributed by atoms with Crippen LogP contribution in [0.2, 0.25) is 0 Å². The topological polar surface area (TPSA) is 112 Å². The van der Waals surface area contributed by atoms with Gasteiger partial charge in [-0.05, 0) is 68.6 Å². The summed E-state index contributed by atoms with van der Waals surface area (Å²) >= 11 is 1.43. The molecule has 1 saturated carbocycles. The molecule has 1 amide bonds. The van der Waals surface area contributed by atoms with Crippen molar-refractivity contribution >= 4 is 28.5 Å². The van der Waals surface area contributed by atoms with Gasteiger partial charge in [0.05, 0.1) is 25.1 Å². The Bertz CT molecular complexity index is 1290. The molecular formula is C29H36F3N5O3S. The van der Waals surface area contributed by atoms with E-state index in [9.17, 15) is 9.18 Å². The summed E-state index contributed by atoms with van der Waals surface area (Å²) in [5, 5.41) is 3.06. The Hall–Kier alpha value is -2.86. The largest absolute Gasteiger partial charge is 0.445 e. The van der Waals surface area contributed by atoms with Gasteiger partial charge in [-0.25, -0.2) is 28.1 Å². The second-order valence-corrected chi connectivity index (χ2v) is 12.9. The van der Waals surface area contributed by atoms with Crippen LogP contribution >= 0.6 is 11.8 Å². The summed E-state index contributed by atoms with van der Waals surface area (Å²) in [5.41, 5.74) is 4.46. The van der Waals surface area contributed by atoms with E-state index in [1.165, 1.54) is 23.9 Å². The van der Waals surface area contributed by atoms with E-state index in [1.807, 2.05) is 0 Å². The molecule has 1 aromatic heterocycles. The van der Waals surface area contributed by atoms with E-state index in [4.69, 9.17) is 15.5 Å². The van der Waals surface area contributed by atoms with Gasteiger partial charge in [-0.15, -0.1) is 0 Å². The maximum absolute atomic E-state index is 15.5. The Morgan fingerprint density at radius 2 is 2.12 bits per heavy atom. The number of ether oxygens (including phenoxy) is 2. The number of hydrogen-bond acceptors (Lipinski definition) is 8. The first-order valence-electron chi connectivity index (χ1n) is 13.9. The molecule has 3 heterocycles. The zero-order valence-corrected chi connectivity index (χ0v) is 24.2. The molecule has 41 heavy (non-hydrogen) atoms. The average molecular weight is 592 g/mol. The Kier molecular flexibility index (Phi) is 8.52. The van der Waals surface area contributed by atoms with Crippen molar-refractivity contribution in [3.8, 4) is 5.88 Å². The molecule has 3 aliphatic rings. The van der Waals surface area contributed by atoms with Gasteiger partial charge < -0.3 is 20.5 Å². The van der Waals surface area contributed by atoms with Crippen LogP contribution in [-0.2, 0) is 10.3 Å². The van der Waals surface area contributed by atoms with Crippen molar-refractivity contribution in [1.82, 2.24) is 9.97 Å². The number of nitrogens with zero attached hydrogens (tertiary/aromatic N) is 3. The highest BCUT2D eigenvalue weighted by atomic mass is 32.2. The lowest BCUT2D eigenvalue weighted by Gasteiger charge is -2.51. The first kappa shape index (κ1) is 29.6. The summed E-state index contributed by atoms with van der Waals surface area (Å²) in [7, 11) is 0. The number of carbonyl (C=O) groups is 1. The van der Waals surface area contributed by atoms with Crippen LogP contribution < -0.4 is 15.8 Å². The lowest BCUT2D eigenvalue weighted by molar-refractivity contribution is -0.120. The lowest BCUT2D eigenvalue weighted by atomic mass is 9.64. The third kappa shape index (κ3) is 6.18. The minimum Gasteiger partial charge on any atom is -0.445 e. The fraction of sp³-hybridized carbons (Fsp3) is 0.586. The van der Waals surface area contributed by atoms with Crippen molar-refractivity contribution < 1.29 is 27.4 Å². The van der Waals surface area contributed by atoms with Gasteiger partial charge in [-0.3, -0.25) is 4.79 Å². The van der Waals surface area contributed by atoms with Gasteiger partial charge in [0.15, 0.2) is 5.17 Å². The van der Waals surface area contributed by atoms with Crippen molar-refractivity contribution in [1.29, 1.82) is 0 Å².